The smallest absolute Gasteiger partial charge is 0.188 e. The number of imidazole rings is 1. The lowest BCUT2D eigenvalue weighted by molar-refractivity contribution is 0.186. The van der Waals surface area contributed by atoms with Crippen LogP contribution in [0.4, 0.5) is 0 Å². The van der Waals surface area contributed by atoms with Crippen molar-refractivity contribution in [2.45, 2.75) is 44.9 Å². The second-order valence-corrected chi connectivity index (χ2v) is 10.2. The number of aromatic nitrogens is 4. The van der Waals surface area contributed by atoms with E-state index in [1.165, 1.54) is 32.1 Å². The molecule has 3 N–H and O–H groups in total. The standard InChI is InChI=1S/C22H21ClN6O2.C7H14.C2H2/c1-29-20-17(27-22(29)16(12-31-2)13-6-4-3-5-7-13)9-18(21(24)28-30)26-19(20)14-8-15(23)11-25-10-14;1-7-5-3-2-4-6-7;1-2/h3-11,16,30H,12H2,1-2H3,(H2,24,28);7H,2-6H2,1H3;1-2H. The Hall–Kier alpha value is -3.93. The minimum Gasteiger partial charge on any atom is -0.409 e. The number of hydrogen-bond acceptors (Lipinski definition) is 6. The van der Waals surface area contributed by atoms with Gasteiger partial charge >= 0.3 is 0 Å². The zero-order valence-electron chi connectivity index (χ0n) is 23.3. The Morgan fingerprint density at radius 3 is 2.42 bits per heavy atom. The minimum absolute atomic E-state index is 0.0961. The highest BCUT2D eigenvalue weighted by Gasteiger charge is 2.24. The summed E-state index contributed by atoms with van der Waals surface area (Å²) in [6.07, 6.45) is 18.7. The summed E-state index contributed by atoms with van der Waals surface area (Å²) in [5, 5.41) is 12.8. The van der Waals surface area contributed by atoms with Gasteiger partial charge in [-0.3, -0.25) is 4.98 Å². The van der Waals surface area contributed by atoms with Crippen LogP contribution in [0.2, 0.25) is 5.02 Å². The van der Waals surface area contributed by atoms with Crippen LogP contribution in [0.3, 0.4) is 0 Å². The van der Waals surface area contributed by atoms with Gasteiger partial charge in [-0.1, -0.05) is 86.1 Å². The van der Waals surface area contributed by atoms with Gasteiger partial charge < -0.3 is 20.2 Å². The van der Waals surface area contributed by atoms with Gasteiger partial charge in [0, 0.05) is 32.1 Å². The normalized spacial score (nSPS) is 14.5. The summed E-state index contributed by atoms with van der Waals surface area (Å²) < 4.78 is 7.50. The van der Waals surface area contributed by atoms with Crippen LogP contribution < -0.4 is 5.73 Å². The van der Waals surface area contributed by atoms with Crippen molar-refractivity contribution in [2.75, 3.05) is 13.7 Å². The summed E-state index contributed by atoms with van der Waals surface area (Å²) in [5.41, 5.74) is 9.95. The van der Waals surface area contributed by atoms with Crippen LogP contribution in [0.25, 0.3) is 22.3 Å². The molecule has 3 heterocycles. The van der Waals surface area contributed by atoms with Crippen molar-refractivity contribution in [1.29, 1.82) is 0 Å². The second-order valence-electron chi connectivity index (χ2n) is 9.79. The van der Waals surface area contributed by atoms with Gasteiger partial charge in [0.25, 0.3) is 0 Å². The molecular formula is C31H37ClN6O2. The first kappa shape index (κ1) is 30.6. The number of hydrogen-bond donors (Lipinski definition) is 2. The van der Waals surface area contributed by atoms with E-state index in [9.17, 15) is 5.21 Å². The van der Waals surface area contributed by atoms with E-state index in [1.54, 1.807) is 31.6 Å². The van der Waals surface area contributed by atoms with E-state index >= 15 is 0 Å². The van der Waals surface area contributed by atoms with Crippen molar-refractivity contribution < 1.29 is 9.94 Å². The quantitative estimate of drug-likeness (QED) is 0.0928. The number of aryl methyl sites for hydroxylation is 1. The molecular weight excluding hydrogens is 524 g/mol. The molecule has 0 bridgehead atoms. The second kappa shape index (κ2) is 15.0. The van der Waals surface area contributed by atoms with Gasteiger partial charge in [-0.25, -0.2) is 9.97 Å². The van der Waals surface area contributed by atoms with Crippen LogP contribution in [0.15, 0.2) is 60.0 Å². The van der Waals surface area contributed by atoms with Gasteiger partial charge in [0.1, 0.15) is 11.5 Å². The van der Waals surface area contributed by atoms with E-state index in [4.69, 9.17) is 27.1 Å². The molecule has 0 saturated heterocycles. The fourth-order valence-corrected chi connectivity index (χ4v) is 5.14. The number of rotatable bonds is 6. The average Bonchev–Trinajstić information content (AvgIpc) is 3.33. The molecule has 3 aromatic heterocycles. The molecule has 1 unspecified atom stereocenters. The highest BCUT2D eigenvalue weighted by molar-refractivity contribution is 6.30. The van der Waals surface area contributed by atoms with Crippen molar-refractivity contribution in [1.82, 2.24) is 19.5 Å². The number of amidine groups is 1. The zero-order chi connectivity index (χ0) is 29.1. The Morgan fingerprint density at radius 1 is 1.15 bits per heavy atom. The Kier molecular flexibility index (Phi) is 11.5. The largest absolute Gasteiger partial charge is 0.409 e. The third kappa shape index (κ3) is 7.38. The number of methoxy groups -OCH3 is 1. The van der Waals surface area contributed by atoms with E-state index in [0.717, 1.165) is 22.8 Å². The predicted molar refractivity (Wildman–Crippen MR) is 162 cm³/mol. The number of oxime groups is 1. The number of nitrogens with zero attached hydrogens (tertiary/aromatic N) is 5. The summed E-state index contributed by atoms with van der Waals surface area (Å²) in [6, 6.07) is 13.5. The van der Waals surface area contributed by atoms with Gasteiger partial charge in [0.15, 0.2) is 5.84 Å². The lowest BCUT2D eigenvalue weighted by Gasteiger charge is -2.16. The van der Waals surface area contributed by atoms with Crippen molar-refractivity contribution >= 4 is 28.5 Å². The molecule has 1 aliphatic carbocycles. The SMILES string of the molecule is C#C.CC1CCCCC1.COCC(c1ccccc1)c1nc2cc(/C(N)=N/O)nc(-c3cncc(Cl)c3)c2n1C. The molecule has 4 aromatic rings. The van der Waals surface area contributed by atoms with E-state index in [-0.39, 0.29) is 11.8 Å². The van der Waals surface area contributed by atoms with Crippen LogP contribution in [0.1, 0.15) is 62.0 Å². The summed E-state index contributed by atoms with van der Waals surface area (Å²) in [5.74, 6) is 1.63. The maximum absolute atomic E-state index is 9.18. The first-order valence-electron chi connectivity index (χ1n) is 13.3. The molecule has 0 amide bonds. The molecule has 9 heteroatoms. The fourth-order valence-electron chi connectivity index (χ4n) is 4.97. The van der Waals surface area contributed by atoms with Crippen LogP contribution in [0.5, 0.6) is 0 Å². The highest BCUT2D eigenvalue weighted by Crippen LogP contribution is 2.33. The third-order valence-corrected chi connectivity index (χ3v) is 7.18. The van der Waals surface area contributed by atoms with E-state index in [2.05, 4.69) is 34.9 Å². The first-order valence-corrected chi connectivity index (χ1v) is 13.6. The summed E-state index contributed by atoms with van der Waals surface area (Å²) in [7, 11) is 3.60. The molecule has 0 radical (unpaired) electrons. The van der Waals surface area contributed by atoms with Crippen molar-refractivity contribution in [3.63, 3.8) is 0 Å². The highest BCUT2D eigenvalue weighted by atomic mass is 35.5. The average molecular weight is 561 g/mol. The molecule has 1 aliphatic rings. The van der Waals surface area contributed by atoms with Crippen molar-refractivity contribution in [3.8, 4) is 24.1 Å². The molecule has 1 aromatic carbocycles. The van der Waals surface area contributed by atoms with E-state index in [1.807, 2.05) is 41.9 Å². The van der Waals surface area contributed by atoms with Crippen LogP contribution in [-0.4, -0.2) is 44.3 Å². The Morgan fingerprint density at radius 2 is 1.85 bits per heavy atom. The number of ether oxygens (including phenoxy) is 1. The van der Waals surface area contributed by atoms with Crippen molar-refractivity contribution in [3.05, 3.63) is 77.0 Å². The molecule has 1 saturated carbocycles. The zero-order valence-corrected chi connectivity index (χ0v) is 24.1. The van der Waals surface area contributed by atoms with E-state index in [0.29, 0.717) is 34.1 Å². The Bertz CT molecular complexity index is 1430. The maximum Gasteiger partial charge on any atom is 0.188 e. The molecule has 1 atom stereocenters. The molecule has 210 valence electrons. The van der Waals surface area contributed by atoms with Gasteiger partial charge in [-0.2, -0.15) is 0 Å². The Balaban J connectivity index is 0.000000422. The molecule has 40 heavy (non-hydrogen) atoms. The third-order valence-electron chi connectivity index (χ3n) is 6.98. The molecule has 0 spiro atoms. The number of terminal acetylenes is 1. The van der Waals surface area contributed by atoms with Crippen molar-refractivity contribution in [2.24, 2.45) is 23.9 Å². The van der Waals surface area contributed by atoms with Crippen LogP contribution >= 0.6 is 11.6 Å². The van der Waals surface area contributed by atoms with Crippen LogP contribution in [-0.2, 0) is 11.8 Å². The maximum atomic E-state index is 9.18. The number of nitrogens with two attached hydrogens (primary N) is 1. The summed E-state index contributed by atoms with van der Waals surface area (Å²) in [6.45, 7) is 2.81. The predicted octanol–water partition coefficient (Wildman–Crippen LogP) is 6.39. The topological polar surface area (TPSA) is 111 Å². The van der Waals surface area contributed by atoms with Gasteiger partial charge in [-0.05, 0) is 23.6 Å². The summed E-state index contributed by atoms with van der Waals surface area (Å²) in [4.78, 5) is 13.7. The molecule has 1 fully saturated rings. The van der Waals surface area contributed by atoms with Gasteiger partial charge in [-0.15, -0.1) is 12.8 Å². The molecule has 0 aliphatic heterocycles. The lowest BCUT2D eigenvalue weighted by Crippen LogP contribution is -2.15. The fraction of sp³-hybridized carbons (Fsp3) is 0.355. The minimum atomic E-state index is -0.109. The summed E-state index contributed by atoms with van der Waals surface area (Å²) >= 11 is 6.17. The lowest BCUT2D eigenvalue weighted by atomic mass is 9.91. The molecule has 5 rings (SSSR count). The van der Waals surface area contributed by atoms with Gasteiger partial charge in [0.2, 0.25) is 0 Å². The van der Waals surface area contributed by atoms with Gasteiger partial charge in [0.05, 0.1) is 34.3 Å². The molecule has 8 nitrogen and oxygen atoms in total. The van der Waals surface area contributed by atoms with Crippen LogP contribution in [0, 0.1) is 18.8 Å². The monoisotopic (exact) mass is 560 g/mol. The van der Waals surface area contributed by atoms with E-state index < -0.39 is 0 Å². The number of fused-ring (bicyclic) bond motifs is 1. The number of benzene rings is 1. The number of halogens is 1. The Labute approximate surface area is 241 Å². The first-order chi connectivity index (χ1) is 19.4. The number of pyridine rings is 2.